The topological polar surface area (TPSA) is 59.4 Å². The molecule has 84 valence electrons. The van der Waals surface area contributed by atoms with E-state index in [0.717, 1.165) is 11.3 Å². The highest BCUT2D eigenvalue weighted by Gasteiger charge is 2.40. The first-order chi connectivity index (χ1) is 6.86. The summed E-state index contributed by atoms with van der Waals surface area (Å²) < 4.78 is 30.3. The van der Waals surface area contributed by atoms with Crippen molar-refractivity contribution >= 4 is 28.9 Å². The number of carboxylic acid groups (broad SMARTS) is 1. The van der Waals surface area contributed by atoms with E-state index in [2.05, 4.69) is 9.72 Å². The predicted molar refractivity (Wildman–Crippen MR) is 50.0 cm³/mol. The summed E-state index contributed by atoms with van der Waals surface area (Å²) in [6.45, 7) is 0. The molecule has 0 saturated carbocycles. The van der Waals surface area contributed by atoms with Crippen LogP contribution in [0.1, 0.15) is 4.88 Å². The van der Waals surface area contributed by atoms with E-state index in [-0.39, 0.29) is 15.2 Å². The van der Waals surface area contributed by atoms with Crippen LogP contribution in [-0.4, -0.2) is 29.1 Å². The summed E-state index contributed by atoms with van der Waals surface area (Å²) in [6, 6.07) is 0. The largest absolute Gasteiger partial charge is 0.477 e. The van der Waals surface area contributed by atoms with Crippen molar-refractivity contribution in [3.05, 3.63) is 10.0 Å². The molecule has 0 unspecified atom stereocenters. The molecule has 1 aromatic heterocycles. The maximum absolute atomic E-state index is 12.8. The lowest BCUT2D eigenvalue weighted by Gasteiger charge is -2.08. The van der Waals surface area contributed by atoms with Gasteiger partial charge >= 0.3 is 11.9 Å². The van der Waals surface area contributed by atoms with E-state index in [0.29, 0.717) is 0 Å². The Morgan fingerprint density at radius 1 is 1.73 bits per heavy atom. The molecule has 15 heavy (non-hydrogen) atoms. The van der Waals surface area contributed by atoms with Gasteiger partial charge in [0.2, 0.25) is 0 Å². The molecule has 0 atom stereocenters. The summed E-state index contributed by atoms with van der Waals surface area (Å²) in [4.78, 5) is 13.8. The molecule has 1 N–H and O–H groups in total. The Hall–Kier alpha value is -0.950. The Bertz CT molecular complexity index is 382. The molecule has 0 aromatic carbocycles. The number of hydrogen-bond acceptors (Lipinski definition) is 4. The number of aromatic nitrogens is 1. The second kappa shape index (κ2) is 4.28. The molecule has 0 amide bonds. The molecule has 1 heterocycles. The van der Waals surface area contributed by atoms with Crippen LogP contribution in [0.4, 0.5) is 8.78 Å². The molecule has 8 heteroatoms. The van der Waals surface area contributed by atoms with E-state index in [1.54, 1.807) is 0 Å². The minimum absolute atomic E-state index is 0.0130. The average Bonchev–Trinajstić information content (AvgIpc) is 2.46. The number of ether oxygens (including phenoxy) is 1. The van der Waals surface area contributed by atoms with Crippen LogP contribution in [-0.2, 0) is 11.2 Å². The number of nitrogens with zero attached hydrogens (tertiary/aromatic N) is 1. The molecule has 1 aromatic rings. The third-order valence-electron chi connectivity index (χ3n) is 1.50. The Morgan fingerprint density at radius 3 is 2.73 bits per heavy atom. The summed E-state index contributed by atoms with van der Waals surface area (Å²) in [6.07, 6.45) is -0.984. The number of halogens is 3. The van der Waals surface area contributed by atoms with E-state index >= 15 is 0 Å². The highest BCUT2D eigenvalue weighted by molar-refractivity contribution is 7.14. The Morgan fingerprint density at radius 2 is 2.33 bits per heavy atom. The molecule has 0 aliphatic rings. The highest BCUT2D eigenvalue weighted by atomic mass is 35.5. The van der Waals surface area contributed by atoms with Crippen LogP contribution in [0.3, 0.4) is 0 Å². The number of aliphatic carboxylic acids is 1. The summed E-state index contributed by atoms with van der Waals surface area (Å²) in [5.74, 6) is -6.03. The monoisotopic (exact) mass is 257 g/mol. The second-order valence-electron chi connectivity index (χ2n) is 2.58. The second-order valence-corrected chi connectivity index (χ2v) is 3.99. The van der Waals surface area contributed by atoms with Gasteiger partial charge in [0.1, 0.15) is 5.15 Å². The van der Waals surface area contributed by atoms with Crippen LogP contribution in [0.2, 0.25) is 5.15 Å². The first-order valence-electron chi connectivity index (χ1n) is 3.67. The molecule has 4 nitrogen and oxygen atoms in total. The van der Waals surface area contributed by atoms with Crippen LogP contribution in [0, 0.1) is 0 Å². The summed E-state index contributed by atoms with van der Waals surface area (Å²) in [7, 11) is 1.31. The van der Waals surface area contributed by atoms with Gasteiger partial charge in [-0.1, -0.05) is 22.9 Å². The zero-order chi connectivity index (χ0) is 11.6. The first kappa shape index (κ1) is 12.1. The zero-order valence-corrected chi connectivity index (χ0v) is 9.03. The molecule has 0 bridgehead atoms. The molecule has 0 spiro atoms. The van der Waals surface area contributed by atoms with Gasteiger partial charge in [-0.25, -0.2) is 4.79 Å². The van der Waals surface area contributed by atoms with Crippen molar-refractivity contribution in [2.75, 3.05) is 7.11 Å². The van der Waals surface area contributed by atoms with E-state index < -0.39 is 18.3 Å². The predicted octanol–water partition coefficient (Wildman–Crippen LogP) is 2.07. The molecule has 0 aliphatic carbocycles. The molecular weight excluding hydrogens is 252 g/mol. The maximum atomic E-state index is 12.8. The quantitative estimate of drug-likeness (QED) is 0.897. The lowest BCUT2D eigenvalue weighted by atomic mass is 10.2. The van der Waals surface area contributed by atoms with Gasteiger partial charge in [0.05, 0.1) is 18.4 Å². The summed E-state index contributed by atoms with van der Waals surface area (Å²) in [5.41, 5.74) is 0. The van der Waals surface area contributed by atoms with E-state index in [4.69, 9.17) is 16.7 Å². The van der Waals surface area contributed by atoms with Crippen molar-refractivity contribution in [2.24, 2.45) is 0 Å². The van der Waals surface area contributed by atoms with Gasteiger partial charge in [0, 0.05) is 0 Å². The molecule has 0 aliphatic heterocycles. The highest BCUT2D eigenvalue weighted by Crippen LogP contribution is 2.33. The van der Waals surface area contributed by atoms with Crippen LogP contribution in [0.15, 0.2) is 0 Å². The van der Waals surface area contributed by atoms with Crippen molar-refractivity contribution in [1.29, 1.82) is 0 Å². The number of carbonyl (C=O) groups is 1. The Kier molecular flexibility index (Phi) is 3.46. The lowest BCUT2D eigenvalue weighted by Crippen LogP contribution is -2.30. The molecule has 0 fully saturated rings. The van der Waals surface area contributed by atoms with Gasteiger partial charge in [-0.15, -0.1) is 0 Å². The Balaban J connectivity index is 2.89. The van der Waals surface area contributed by atoms with Crippen LogP contribution >= 0.6 is 22.9 Å². The normalized spacial score (nSPS) is 11.5. The average molecular weight is 258 g/mol. The lowest BCUT2D eigenvalue weighted by molar-refractivity contribution is -0.164. The van der Waals surface area contributed by atoms with Gasteiger partial charge in [0.15, 0.2) is 0 Å². The number of hydrogen-bond donors (Lipinski definition) is 1. The smallest absolute Gasteiger partial charge is 0.374 e. The van der Waals surface area contributed by atoms with Crippen LogP contribution in [0.5, 0.6) is 5.19 Å². The number of rotatable bonds is 4. The zero-order valence-electron chi connectivity index (χ0n) is 7.46. The molecule has 0 radical (unpaired) electrons. The number of methoxy groups -OCH3 is 1. The standard InChI is InChI=1S/C7H6ClF2NO3S/c1-14-6-11-4(8)3(15-6)2-7(9,10)5(12)13/h2H2,1H3,(H,12,13). The SMILES string of the molecule is COc1nc(Cl)c(CC(F)(F)C(=O)O)s1. The minimum Gasteiger partial charge on any atom is -0.477 e. The van der Waals surface area contributed by atoms with Gasteiger partial charge in [-0.05, 0) is 0 Å². The van der Waals surface area contributed by atoms with Crippen molar-refractivity contribution in [3.63, 3.8) is 0 Å². The molecule has 1 rings (SSSR count). The van der Waals surface area contributed by atoms with Crippen molar-refractivity contribution in [3.8, 4) is 5.19 Å². The van der Waals surface area contributed by atoms with E-state index in [1.807, 2.05) is 0 Å². The maximum Gasteiger partial charge on any atom is 0.374 e. The van der Waals surface area contributed by atoms with Gasteiger partial charge in [-0.3, -0.25) is 0 Å². The number of alkyl halides is 2. The Labute approximate surface area is 92.5 Å². The third-order valence-corrected chi connectivity index (χ3v) is 2.94. The van der Waals surface area contributed by atoms with Gasteiger partial charge in [0.25, 0.3) is 5.19 Å². The number of carboxylic acids is 1. The fraction of sp³-hybridized carbons (Fsp3) is 0.429. The summed E-state index contributed by atoms with van der Waals surface area (Å²) in [5, 5.41) is 8.18. The van der Waals surface area contributed by atoms with E-state index in [1.165, 1.54) is 7.11 Å². The van der Waals surface area contributed by atoms with Gasteiger partial charge < -0.3 is 9.84 Å². The minimum atomic E-state index is -3.85. The van der Waals surface area contributed by atoms with E-state index in [9.17, 15) is 13.6 Å². The number of thiazole rings is 1. The summed E-state index contributed by atoms with van der Waals surface area (Å²) >= 11 is 6.32. The molecular formula is C7H6ClF2NO3S. The fourth-order valence-corrected chi connectivity index (χ4v) is 1.91. The molecule has 0 saturated heterocycles. The fourth-order valence-electron chi connectivity index (χ4n) is 0.786. The first-order valence-corrected chi connectivity index (χ1v) is 4.86. The van der Waals surface area contributed by atoms with Crippen molar-refractivity contribution < 1.29 is 23.4 Å². The van der Waals surface area contributed by atoms with Crippen molar-refractivity contribution in [1.82, 2.24) is 4.98 Å². The van der Waals surface area contributed by atoms with Crippen LogP contribution in [0.25, 0.3) is 0 Å². The van der Waals surface area contributed by atoms with Gasteiger partial charge in [-0.2, -0.15) is 13.8 Å². The third kappa shape index (κ3) is 2.75. The van der Waals surface area contributed by atoms with Crippen LogP contribution < -0.4 is 4.74 Å². The van der Waals surface area contributed by atoms with Crippen molar-refractivity contribution in [2.45, 2.75) is 12.3 Å².